The molecule has 0 spiro atoms. The first-order chi connectivity index (χ1) is 16.5. The summed E-state index contributed by atoms with van der Waals surface area (Å²) in [6.07, 6.45) is 4.03. The maximum Gasteiger partial charge on any atom is 0.303 e. The van der Waals surface area contributed by atoms with Gasteiger partial charge in [0.25, 0.3) is 5.91 Å². The van der Waals surface area contributed by atoms with Crippen molar-refractivity contribution in [3.8, 4) is 17.2 Å². The lowest BCUT2D eigenvalue weighted by Gasteiger charge is -2.13. The van der Waals surface area contributed by atoms with Gasteiger partial charge in [-0.1, -0.05) is 54.7 Å². The molecule has 1 fully saturated rings. The summed E-state index contributed by atoms with van der Waals surface area (Å²) in [6, 6.07) is 14.9. The minimum Gasteiger partial charge on any atom is -0.493 e. The number of amides is 1. The van der Waals surface area contributed by atoms with Crippen molar-refractivity contribution < 1.29 is 28.9 Å². The van der Waals surface area contributed by atoms with Crippen molar-refractivity contribution in [2.75, 3.05) is 26.9 Å². The number of hydrogen-bond acceptors (Lipinski definition) is 7. The number of hydrogen-bond donors (Lipinski definition) is 1. The minimum absolute atomic E-state index is 0.109. The van der Waals surface area contributed by atoms with Crippen molar-refractivity contribution in [2.45, 2.75) is 25.7 Å². The maximum absolute atomic E-state index is 12.7. The fourth-order valence-corrected chi connectivity index (χ4v) is 4.59. The SMILES string of the molecule is COc1ccccc1OCCOc1ccc(/C=C2\SC(=S)N(CCCCCC(=O)O)C2=O)cc1. The number of carboxylic acid groups (broad SMARTS) is 1. The molecule has 1 N–H and O–H groups in total. The van der Waals surface area contributed by atoms with Crippen molar-refractivity contribution >= 4 is 46.3 Å². The van der Waals surface area contributed by atoms with Gasteiger partial charge in [0.05, 0.1) is 12.0 Å². The Labute approximate surface area is 208 Å². The summed E-state index contributed by atoms with van der Waals surface area (Å²) in [6.45, 7) is 1.26. The van der Waals surface area contributed by atoms with Gasteiger partial charge in [-0.25, -0.2) is 0 Å². The molecule has 0 unspecified atom stereocenters. The number of benzene rings is 2. The first kappa shape index (κ1) is 25.6. The van der Waals surface area contributed by atoms with Crippen LogP contribution in [0.1, 0.15) is 31.2 Å². The van der Waals surface area contributed by atoms with Crippen LogP contribution in [0.4, 0.5) is 0 Å². The summed E-state index contributed by atoms with van der Waals surface area (Å²) in [4.78, 5) is 25.5. The Morgan fingerprint density at radius 3 is 2.44 bits per heavy atom. The fourth-order valence-electron chi connectivity index (χ4n) is 3.28. The molecule has 180 valence electrons. The Hall–Kier alpha value is -3.04. The lowest BCUT2D eigenvalue weighted by Crippen LogP contribution is -2.29. The highest BCUT2D eigenvalue weighted by atomic mass is 32.2. The van der Waals surface area contributed by atoms with E-state index >= 15 is 0 Å². The summed E-state index contributed by atoms with van der Waals surface area (Å²) < 4.78 is 17.2. The highest BCUT2D eigenvalue weighted by molar-refractivity contribution is 8.26. The van der Waals surface area contributed by atoms with Gasteiger partial charge in [0.15, 0.2) is 11.5 Å². The van der Waals surface area contributed by atoms with Crippen LogP contribution in [-0.2, 0) is 9.59 Å². The molecule has 0 bridgehead atoms. The predicted molar refractivity (Wildman–Crippen MR) is 136 cm³/mol. The Balaban J connectivity index is 1.45. The molecule has 0 saturated carbocycles. The number of para-hydroxylation sites is 2. The molecule has 1 amide bonds. The molecule has 0 aromatic heterocycles. The van der Waals surface area contributed by atoms with Crippen LogP contribution in [0.5, 0.6) is 17.2 Å². The average molecular weight is 502 g/mol. The van der Waals surface area contributed by atoms with Crippen LogP contribution in [0.25, 0.3) is 6.08 Å². The predicted octanol–water partition coefficient (Wildman–Crippen LogP) is 5.00. The molecule has 7 nitrogen and oxygen atoms in total. The first-order valence-electron chi connectivity index (χ1n) is 10.9. The quantitative estimate of drug-likeness (QED) is 0.233. The van der Waals surface area contributed by atoms with Crippen LogP contribution in [-0.4, -0.2) is 53.1 Å². The standard InChI is InChI=1S/C25H27NO6S2/c1-30-20-7-4-5-8-21(20)32-16-15-31-19-12-10-18(11-13-19)17-22-24(29)26(25(33)34-22)14-6-2-3-9-23(27)28/h4-5,7-8,10-13,17H,2-3,6,9,14-16H2,1H3,(H,27,28)/b22-17-. The summed E-state index contributed by atoms with van der Waals surface area (Å²) >= 11 is 6.64. The summed E-state index contributed by atoms with van der Waals surface area (Å²) in [7, 11) is 1.60. The van der Waals surface area contributed by atoms with E-state index in [1.165, 1.54) is 11.8 Å². The lowest BCUT2D eigenvalue weighted by atomic mass is 10.2. The van der Waals surface area contributed by atoms with Crippen molar-refractivity contribution in [1.29, 1.82) is 0 Å². The number of thioether (sulfide) groups is 1. The van der Waals surface area contributed by atoms with Crippen LogP contribution >= 0.6 is 24.0 Å². The van der Waals surface area contributed by atoms with Crippen molar-refractivity contribution in [2.24, 2.45) is 0 Å². The summed E-state index contributed by atoms with van der Waals surface area (Å²) in [5, 5.41) is 8.70. The third-order valence-corrected chi connectivity index (χ3v) is 6.38. The molecule has 0 aliphatic carbocycles. The van der Waals surface area contributed by atoms with E-state index in [1.807, 2.05) is 54.6 Å². The Bertz CT molecular complexity index is 1040. The van der Waals surface area contributed by atoms with Gasteiger partial charge in [-0.15, -0.1) is 0 Å². The van der Waals surface area contributed by atoms with Gasteiger partial charge in [-0.3, -0.25) is 14.5 Å². The van der Waals surface area contributed by atoms with E-state index in [4.69, 9.17) is 31.5 Å². The number of nitrogens with zero attached hydrogens (tertiary/aromatic N) is 1. The van der Waals surface area contributed by atoms with Crippen LogP contribution in [0.15, 0.2) is 53.4 Å². The number of carboxylic acids is 1. The van der Waals surface area contributed by atoms with Crippen molar-refractivity contribution in [3.05, 3.63) is 59.0 Å². The Morgan fingerprint density at radius 2 is 1.74 bits per heavy atom. The molecule has 1 saturated heterocycles. The highest BCUT2D eigenvalue weighted by Crippen LogP contribution is 2.33. The Kier molecular flexibility index (Phi) is 9.78. The molecule has 1 aliphatic heterocycles. The smallest absolute Gasteiger partial charge is 0.303 e. The largest absolute Gasteiger partial charge is 0.493 e. The van der Waals surface area contributed by atoms with Gasteiger partial charge < -0.3 is 19.3 Å². The molecule has 0 radical (unpaired) electrons. The molecule has 9 heteroatoms. The molecule has 34 heavy (non-hydrogen) atoms. The first-order valence-corrected chi connectivity index (χ1v) is 12.2. The zero-order valence-electron chi connectivity index (χ0n) is 18.9. The maximum atomic E-state index is 12.7. The number of carbonyl (C=O) groups is 2. The van der Waals surface area contributed by atoms with Crippen LogP contribution in [0, 0.1) is 0 Å². The number of carbonyl (C=O) groups excluding carboxylic acids is 1. The minimum atomic E-state index is -0.800. The van der Waals surface area contributed by atoms with Gasteiger partial charge in [-0.05, 0) is 48.7 Å². The molecular formula is C25H27NO6S2. The van der Waals surface area contributed by atoms with E-state index in [9.17, 15) is 9.59 Å². The zero-order valence-corrected chi connectivity index (χ0v) is 20.5. The average Bonchev–Trinajstić information content (AvgIpc) is 3.09. The number of ether oxygens (including phenoxy) is 3. The second kappa shape index (κ2) is 13.0. The molecule has 2 aromatic carbocycles. The third-order valence-electron chi connectivity index (χ3n) is 5.00. The van der Waals surface area contributed by atoms with E-state index in [0.29, 0.717) is 52.7 Å². The van der Waals surface area contributed by atoms with Gasteiger partial charge in [0, 0.05) is 13.0 Å². The molecule has 3 rings (SSSR count). The van der Waals surface area contributed by atoms with Crippen LogP contribution in [0.2, 0.25) is 0 Å². The van der Waals surface area contributed by atoms with E-state index < -0.39 is 5.97 Å². The monoisotopic (exact) mass is 501 g/mol. The second-order valence-electron chi connectivity index (χ2n) is 7.45. The Morgan fingerprint density at radius 1 is 1.03 bits per heavy atom. The molecule has 2 aromatic rings. The zero-order chi connectivity index (χ0) is 24.3. The van der Waals surface area contributed by atoms with Gasteiger partial charge in [-0.2, -0.15) is 0 Å². The third kappa shape index (κ3) is 7.50. The van der Waals surface area contributed by atoms with Gasteiger partial charge in [0.2, 0.25) is 0 Å². The number of rotatable bonds is 13. The van der Waals surface area contributed by atoms with Crippen LogP contribution < -0.4 is 14.2 Å². The van der Waals surface area contributed by atoms with E-state index in [2.05, 4.69) is 0 Å². The summed E-state index contributed by atoms with van der Waals surface area (Å²) in [5.41, 5.74) is 0.875. The van der Waals surface area contributed by atoms with Gasteiger partial charge >= 0.3 is 5.97 Å². The van der Waals surface area contributed by atoms with Crippen molar-refractivity contribution in [1.82, 2.24) is 4.90 Å². The fraction of sp³-hybridized carbons (Fsp3) is 0.320. The summed E-state index contributed by atoms with van der Waals surface area (Å²) in [5.74, 6) is 1.14. The molecular weight excluding hydrogens is 474 g/mol. The topological polar surface area (TPSA) is 85.3 Å². The number of unbranched alkanes of at least 4 members (excludes halogenated alkanes) is 2. The van der Waals surface area contributed by atoms with Gasteiger partial charge in [0.1, 0.15) is 23.3 Å². The molecule has 1 aliphatic rings. The highest BCUT2D eigenvalue weighted by Gasteiger charge is 2.31. The van der Waals surface area contributed by atoms with E-state index in [1.54, 1.807) is 12.0 Å². The number of methoxy groups -OCH3 is 1. The normalized spacial score (nSPS) is 14.5. The van der Waals surface area contributed by atoms with Crippen LogP contribution in [0.3, 0.4) is 0 Å². The van der Waals surface area contributed by atoms with Crippen molar-refractivity contribution in [3.63, 3.8) is 0 Å². The van der Waals surface area contributed by atoms with E-state index in [-0.39, 0.29) is 12.3 Å². The lowest BCUT2D eigenvalue weighted by molar-refractivity contribution is -0.137. The molecule has 1 heterocycles. The molecule has 0 atom stereocenters. The number of thiocarbonyl (C=S) groups is 1. The number of aliphatic carboxylic acids is 1. The van der Waals surface area contributed by atoms with E-state index in [0.717, 1.165) is 18.4 Å². The second-order valence-corrected chi connectivity index (χ2v) is 9.13.